The van der Waals surface area contributed by atoms with Crippen molar-refractivity contribution in [3.8, 4) is 22.8 Å². The van der Waals surface area contributed by atoms with Crippen LogP contribution in [0.25, 0.3) is 11.3 Å². The molecular weight excluding hydrogens is 386 g/mol. The predicted octanol–water partition coefficient (Wildman–Crippen LogP) is 2.16. The first kappa shape index (κ1) is 19.4. The molecule has 0 radical (unpaired) electrons. The van der Waals surface area contributed by atoms with Gasteiger partial charge in [0.25, 0.3) is 11.5 Å². The van der Waals surface area contributed by atoms with Crippen molar-refractivity contribution in [3.63, 3.8) is 0 Å². The summed E-state index contributed by atoms with van der Waals surface area (Å²) in [6.45, 7) is -0.273. The van der Waals surface area contributed by atoms with Crippen LogP contribution in [0.3, 0.4) is 0 Å². The Bertz CT molecular complexity index is 1200. The minimum absolute atomic E-state index is 0.0359. The van der Waals surface area contributed by atoms with Crippen LogP contribution in [0.4, 0.5) is 5.69 Å². The van der Waals surface area contributed by atoms with Crippen LogP contribution < -0.4 is 19.9 Å². The molecule has 8 heteroatoms. The lowest BCUT2D eigenvalue weighted by molar-refractivity contribution is -0.120. The van der Waals surface area contributed by atoms with Crippen LogP contribution in [-0.4, -0.2) is 42.2 Å². The molecule has 1 amide bonds. The minimum atomic E-state index is -0.393. The molecule has 30 heavy (non-hydrogen) atoms. The number of ketones is 1. The Morgan fingerprint density at radius 1 is 1.13 bits per heavy atom. The lowest BCUT2D eigenvalue weighted by Gasteiger charge is -2.26. The third-order valence-corrected chi connectivity index (χ3v) is 4.91. The molecule has 0 aliphatic carbocycles. The highest BCUT2D eigenvalue weighted by Crippen LogP contribution is 2.32. The monoisotopic (exact) mass is 405 g/mol. The van der Waals surface area contributed by atoms with Gasteiger partial charge in [0.1, 0.15) is 18.0 Å². The molecule has 1 aliphatic heterocycles. The second-order valence-electron chi connectivity index (χ2n) is 6.76. The van der Waals surface area contributed by atoms with E-state index in [-0.39, 0.29) is 24.8 Å². The van der Waals surface area contributed by atoms with E-state index in [2.05, 4.69) is 5.10 Å². The highest BCUT2D eigenvalue weighted by atomic mass is 16.5. The Kier molecular flexibility index (Phi) is 5.05. The quantitative estimate of drug-likeness (QED) is 0.604. The van der Waals surface area contributed by atoms with Gasteiger partial charge in [-0.2, -0.15) is 5.10 Å². The number of Topliss-reactive ketones (excluding diaryl/α,β-unsaturated/α-hetero) is 1. The number of carbonyl (C=O) groups excluding carboxylic acids is 2. The van der Waals surface area contributed by atoms with Crippen LogP contribution in [0.2, 0.25) is 0 Å². The first-order valence-corrected chi connectivity index (χ1v) is 9.26. The molecule has 0 N–H and O–H groups in total. The normalized spacial score (nSPS) is 12.9. The highest BCUT2D eigenvalue weighted by Gasteiger charge is 2.23. The van der Waals surface area contributed by atoms with Gasteiger partial charge in [-0.1, -0.05) is 12.1 Å². The summed E-state index contributed by atoms with van der Waals surface area (Å²) in [7, 11) is 3.18. The van der Waals surface area contributed by atoms with E-state index in [0.717, 1.165) is 4.68 Å². The Morgan fingerprint density at radius 3 is 2.73 bits per heavy atom. The average molecular weight is 405 g/mol. The SMILES string of the molecule is COc1ccccc1-c1ccc(=O)n(CC(=O)c2ccc3c(c2)N(C)C(=O)CO3)n1. The van der Waals surface area contributed by atoms with Gasteiger partial charge < -0.3 is 14.4 Å². The first-order chi connectivity index (χ1) is 14.5. The third-order valence-electron chi connectivity index (χ3n) is 4.91. The molecule has 0 atom stereocenters. The van der Waals surface area contributed by atoms with Gasteiger partial charge in [0, 0.05) is 24.2 Å². The zero-order valence-corrected chi connectivity index (χ0v) is 16.5. The van der Waals surface area contributed by atoms with E-state index in [9.17, 15) is 14.4 Å². The smallest absolute Gasteiger partial charge is 0.267 e. The van der Waals surface area contributed by atoms with Crippen LogP contribution in [0.1, 0.15) is 10.4 Å². The lowest BCUT2D eigenvalue weighted by atomic mass is 10.1. The molecular formula is C22H19N3O5. The Morgan fingerprint density at radius 2 is 1.93 bits per heavy atom. The summed E-state index contributed by atoms with van der Waals surface area (Å²) in [5.74, 6) is 0.636. The number of fused-ring (bicyclic) bond motifs is 1. The van der Waals surface area contributed by atoms with Crippen LogP contribution in [0.5, 0.6) is 11.5 Å². The lowest BCUT2D eigenvalue weighted by Crippen LogP contribution is -2.35. The number of amides is 1. The second-order valence-corrected chi connectivity index (χ2v) is 6.76. The number of nitrogens with zero attached hydrogens (tertiary/aromatic N) is 3. The largest absolute Gasteiger partial charge is 0.496 e. The van der Waals surface area contributed by atoms with E-state index in [1.165, 1.54) is 11.0 Å². The Balaban J connectivity index is 1.64. The van der Waals surface area contributed by atoms with Crippen LogP contribution in [-0.2, 0) is 11.3 Å². The second kappa shape index (κ2) is 7.82. The molecule has 2 aromatic carbocycles. The maximum atomic E-state index is 12.8. The van der Waals surface area contributed by atoms with Crippen LogP contribution >= 0.6 is 0 Å². The standard InChI is InChI=1S/C22H19N3O5/c1-24-17-11-14(7-9-20(17)30-13-22(24)28)18(26)12-25-21(27)10-8-16(23-25)15-5-3-4-6-19(15)29-2/h3-11H,12-13H2,1-2H3. The minimum Gasteiger partial charge on any atom is -0.496 e. The molecule has 152 valence electrons. The number of anilines is 1. The van der Waals surface area contributed by atoms with Crippen molar-refractivity contribution in [2.75, 3.05) is 25.7 Å². The van der Waals surface area contributed by atoms with Crippen molar-refractivity contribution in [1.82, 2.24) is 9.78 Å². The number of methoxy groups -OCH3 is 1. The van der Waals surface area contributed by atoms with Crippen molar-refractivity contribution in [2.45, 2.75) is 6.54 Å². The summed E-state index contributed by atoms with van der Waals surface area (Å²) >= 11 is 0. The fraction of sp³-hybridized carbons (Fsp3) is 0.182. The average Bonchev–Trinajstić information content (AvgIpc) is 2.77. The number of rotatable bonds is 5. The zero-order chi connectivity index (χ0) is 21.3. The van der Waals surface area contributed by atoms with Gasteiger partial charge in [0.05, 0.1) is 18.5 Å². The number of carbonyl (C=O) groups is 2. The van der Waals surface area contributed by atoms with E-state index in [0.29, 0.717) is 34.0 Å². The van der Waals surface area contributed by atoms with E-state index in [1.54, 1.807) is 44.5 Å². The topological polar surface area (TPSA) is 90.7 Å². The molecule has 1 aliphatic rings. The van der Waals surface area contributed by atoms with Crippen molar-refractivity contribution in [1.29, 1.82) is 0 Å². The molecule has 0 fully saturated rings. The third kappa shape index (κ3) is 3.55. The summed E-state index contributed by atoms with van der Waals surface area (Å²) in [5, 5.41) is 4.35. The van der Waals surface area contributed by atoms with Gasteiger partial charge in [0.2, 0.25) is 0 Å². The maximum Gasteiger partial charge on any atom is 0.267 e. The molecule has 0 bridgehead atoms. The molecule has 0 saturated heterocycles. The summed E-state index contributed by atoms with van der Waals surface area (Å²) in [5.41, 5.74) is 1.71. The first-order valence-electron chi connectivity index (χ1n) is 9.26. The number of benzene rings is 2. The molecule has 8 nitrogen and oxygen atoms in total. The van der Waals surface area contributed by atoms with Gasteiger partial charge in [0.15, 0.2) is 12.4 Å². The number of hydrogen-bond donors (Lipinski definition) is 0. The summed E-state index contributed by atoms with van der Waals surface area (Å²) in [6, 6.07) is 15.1. The molecule has 0 saturated carbocycles. The van der Waals surface area contributed by atoms with Crippen molar-refractivity contribution < 1.29 is 19.1 Å². The van der Waals surface area contributed by atoms with Crippen LogP contribution in [0.15, 0.2) is 59.4 Å². The summed E-state index contributed by atoms with van der Waals surface area (Å²) < 4.78 is 11.9. The molecule has 0 unspecified atom stereocenters. The number of aromatic nitrogens is 2. The Hall–Kier alpha value is -3.94. The van der Waals surface area contributed by atoms with Crippen molar-refractivity contribution in [2.24, 2.45) is 0 Å². The Labute approximate surface area is 172 Å². The van der Waals surface area contributed by atoms with Gasteiger partial charge >= 0.3 is 0 Å². The summed E-state index contributed by atoms with van der Waals surface area (Å²) in [4.78, 5) is 38.4. The van der Waals surface area contributed by atoms with E-state index < -0.39 is 5.56 Å². The molecule has 1 aromatic heterocycles. The number of ether oxygens (including phenoxy) is 2. The number of likely N-dealkylation sites (N-methyl/N-ethyl adjacent to an activating group) is 1. The van der Waals surface area contributed by atoms with Gasteiger partial charge in [-0.05, 0) is 36.4 Å². The van der Waals surface area contributed by atoms with E-state index >= 15 is 0 Å². The number of hydrogen-bond acceptors (Lipinski definition) is 6. The zero-order valence-electron chi connectivity index (χ0n) is 16.5. The molecule has 0 spiro atoms. The fourth-order valence-corrected chi connectivity index (χ4v) is 3.24. The van der Waals surface area contributed by atoms with Gasteiger partial charge in [-0.3, -0.25) is 14.4 Å². The highest BCUT2D eigenvalue weighted by molar-refractivity contribution is 6.01. The summed E-state index contributed by atoms with van der Waals surface area (Å²) in [6.07, 6.45) is 0. The van der Waals surface area contributed by atoms with Crippen molar-refractivity contribution in [3.05, 3.63) is 70.5 Å². The molecule has 2 heterocycles. The van der Waals surface area contributed by atoms with Crippen LogP contribution in [0, 0.1) is 0 Å². The number of para-hydroxylation sites is 1. The van der Waals surface area contributed by atoms with Gasteiger partial charge in [-0.15, -0.1) is 0 Å². The fourth-order valence-electron chi connectivity index (χ4n) is 3.24. The van der Waals surface area contributed by atoms with Gasteiger partial charge in [-0.25, -0.2) is 4.68 Å². The van der Waals surface area contributed by atoms with E-state index in [4.69, 9.17) is 9.47 Å². The molecule has 4 rings (SSSR count). The molecule has 3 aromatic rings. The van der Waals surface area contributed by atoms with Crippen molar-refractivity contribution >= 4 is 17.4 Å². The maximum absolute atomic E-state index is 12.8. The predicted molar refractivity (Wildman–Crippen MR) is 110 cm³/mol. The van der Waals surface area contributed by atoms with E-state index in [1.807, 2.05) is 18.2 Å².